The van der Waals surface area contributed by atoms with Crippen LogP contribution < -0.4 is 0 Å². The summed E-state index contributed by atoms with van der Waals surface area (Å²) in [5, 5.41) is 0. The molecule has 0 fully saturated rings. The van der Waals surface area contributed by atoms with Crippen molar-refractivity contribution in [3.63, 3.8) is 0 Å². The number of nitrogens with zero attached hydrogens (tertiary/aromatic N) is 1. The summed E-state index contributed by atoms with van der Waals surface area (Å²) in [5.74, 6) is 0. The van der Waals surface area contributed by atoms with Gasteiger partial charge in [-0.15, -0.1) is 0 Å². The molecule has 0 heterocycles. The molecule has 0 amide bonds. The molecule has 4 heteroatoms. The van der Waals surface area contributed by atoms with Gasteiger partial charge in [0, 0.05) is 6.61 Å². The Morgan fingerprint density at radius 3 is 2.47 bits per heavy atom. The van der Waals surface area contributed by atoms with Crippen LogP contribution in [0.4, 0.5) is 0 Å². The van der Waals surface area contributed by atoms with Crippen LogP contribution in [0.15, 0.2) is 4.99 Å². The van der Waals surface area contributed by atoms with Crippen molar-refractivity contribution in [2.24, 2.45) is 10.4 Å². The molecular weight excluding hydrogens is 206 g/mol. The second-order valence-electron chi connectivity index (χ2n) is 4.03. The quantitative estimate of drug-likeness (QED) is 0.261. The van der Waals surface area contributed by atoms with Gasteiger partial charge in [0.15, 0.2) is 0 Å². The molecule has 0 radical (unpaired) electrons. The van der Waals surface area contributed by atoms with Gasteiger partial charge in [0.2, 0.25) is 6.08 Å². The van der Waals surface area contributed by atoms with Crippen LogP contribution in [0.2, 0.25) is 0 Å². The third-order valence-corrected chi connectivity index (χ3v) is 3.78. The van der Waals surface area contributed by atoms with Crippen LogP contribution in [-0.2, 0) is 9.22 Å². The minimum Gasteiger partial charge on any atom is -0.428 e. The van der Waals surface area contributed by atoms with E-state index >= 15 is 0 Å². The molecule has 0 saturated heterocycles. The Hall–Kier alpha value is -0.443. The fraction of sp³-hybridized carbons (Fsp3) is 0.909. The van der Waals surface area contributed by atoms with Crippen molar-refractivity contribution < 1.29 is 9.22 Å². The topological polar surface area (TPSA) is 38.7 Å². The average Bonchev–Trinajstić information content (AvgIpc) is 2.28. The van der Waals surface area contributed by atoms with E-state index in [1.165, 1.54) is 6.42 Å². The summed E-state index contributed by atoms with van der Waals surface area (Å²) in [7, 11) is 0.827. The second kappa shape index (κ2) is 8.83. The van der Waals surface area contributed by atoms with E-state index in [9.17, 15) is 4.79 Å². The van der Waals surface area contributed by atoms with Gasteiger partial charge in [-0.2, -0.15) is 0 Å². The van der Waals surface area contributed by atoms with Crippen molar-refractivity contribution in [1.82, 2.24) is 0 Å². The molecule has 0 atom stereocenters. The lowest BCUT2D eigenvalue weighted by Gasteiger charge is -2.31. The lowest BCUT2D eigenvalue weighted by Crippen LogP contribution is -2.20. The van der Waals surface area contributed by atoms with Crippen molar-refractivity contribution in [2.75, 3.05) is 13.2 Å². The first-order valence-electron chi connectivity index (χ1n) is 5.77. The summed E-state index contributed by atoms with van der Waals surface area (Å²) in [6, 6.07) is 0. The largest absolute Gasteiger partial charge is 0.428 e. The third-order valence-electron chi connectivity index (χ3n) is 3.37. The molecular formula is C11H23NO2Si. The van der Waals surface area contributed by atoms with Gasteiger partial charge in [-0.05, 0) is 24.7 Å². The van der Waals surface area contributed by atoms with Gasteiger partial charge < -0.3 is 4.43 Å². The van der Waals surface area contributed by atoms with E-state index in [1.54, 1.807) is 6.08 Å². The zero-order valence-corrected chi connectivity index (χ0v) is 12.2. The molecule has 3 nitrogen and oxygen atoms in total. The Labute approximate surface area is 95.9 Å². The number of rotatable bonds is 9. The molecule has 88 valence electrons. The van der Waals surface area contributed by atoms with E-state index in [0.717, 1.165) is 42.8 Å². The molecule has 0 bridgehead atoms. The van der Waals surface area contributed by atoms with E-state index in [-0.39, 0.29) is 0 Å². The van der Waals surface area contributed by atoms with Gasteiger partial charge in [-0.3, -0.25) is 0 Å². The summed E-state index contributed by atoms with van der Waals surface area (Å²) < 4.78 is 5.20. The molecule has 0 aromatic heterocycles. The zero-order chi connectivity index (χ0) is 11.6. The van der Waals surface area contributed by atoms with Gasteiger partial charge in [-0.25, -0.2) is 9.79 Å². The summed E-state index contributed by atoms with van der Waals surface area (Å²) in [4.78, 5) is 13.7. The van der Waals surface area contributed by atoms with Crippen LogP contribution in [0.1, 0.15) is 46.0 Å². The summed E-state index contributed by atoms with van der Waals surface area (Å²) in [6.07, 6.45) is 7.21. The van der Waals surface area contributed by atoms with Gasteiger partial charge >= 0.3 is 0 Å². The van der Waals surface area contributed by atoms with Gasteiger partial charge in [0.25, 0.3) is 0 Å². The number of carbonyl (C=O) groups excluding carboxylic acids is 1. The van der Waals surface area contributed by atoms with Crippen LogP contribution in [0.5, 0.6) is 0 Å². The van der Waals surface area contributed by atoms with E-state index in [4.69, 9.17) is 4.43 Å². The number of hydrogen-bond acceptors (Lipinski definition) is 3. The monoisotopic (exact) mass is 229 g/mol. The lowest BCUT2D eigenvalue weighted by atomic mass is 9.75. The lowest BCUT2D eigenvalue weighted by molar-refractivity contribution is 0.197. The number of isocyanates is 1. The minimum absolute atomic E-state index is 0.348. The van der Waals surface area contributed by atoms with E-state index in [0.29, 0.717) is 12.0 Å². The fourth-order valence-corrected chi connectivity index (χ4v) is 2.30. The highest BCUT2D eigenvalue weighted by molar-refractivity contribution is 5.97. The second-order valence-corrected chi connectivity index (χ2v) is 4.60. The Kier molecular flexibility index (Phi) is 8.57. The zero-order valence-electron chi connectivity index (χ0n) is 10.2. The molecule has 0 unspecified atom stereocenters. The smallest absolute Gasteiger partial charge is 0.234 e. The normalized spacial score (nSPS) is 11.3. The fourth-order valence-electron chi connectivity index (χ4n) is 2.01. The average molecular weight is 229 g/mol. The first-order chi connectivity index (χ1) is 7.24. The molecule has 0 aromatic rings. The molecule has 0 rings (SSSR count). The molecule has 0 N–H and O–H groups in total. The minimum atomic E-state index is 0.348. The molecule has 0 aliphatic carbocycles. The number of hydrogen-bond donors (Lipinski definition) is 0. The Balaban J connectivity index is 4.09. The standard InChI is InChI=1S/C11H23NO2Si/c1-3-11(4-2,6-5-9-14-15)7-8-12-10-13/h3-9H2,1-2,15H3. The third kappa shape index (κ3) is 5.87. The van der Waals surface area contributed by atoms with Gasteiger partial charge in [-0.1, -0.05) is 26.7 Å². The Bertz CT molecular complexity index is 199. The van der Waals surface area contributed by atoms with Crippen molar-refractivity contribution in [1.29, 1.82) is 0 Å². The van der Waals surface area contributed by atoms with Crippen molar-refractivity contribution in [3.8, 4) is 0 Å². The summed E-state index contributed by atoms with van der Waals surface area (Å²) in [6.45, 7) is 5.93. The van der Waals surface area contributed by atoms with Crippen LogP contribution in [0, 0.1) is 5.41 Å². The SMILES string of the molecule is CCC(CC)(CCCO[SiH3])CCN=C=O. The summed E-state index contributed by atoms with van der Waals surface area (Å²) >= 11 is 0. The molecule has 0 aromatic carbocycles. The maximum absolute atomic E-state index is 10.0. The van der Waals surface area contributed by atoms with E-state index in [2.05, 4.69) is 18.8 Å². The van der Waals surface area contributed by atoms with Crippen LogP contribution in [0.3, 0.4) is 0 Å². The van der Waals surface area contributed by atoms with Crippen LogP contribution >= 0.6 is 0 Å². The predicted octanol–water partition coefficient (Wildman–Crippen LogP) is 1.60. The maximum Gasteiger partial charge on any atom is 0.234 e. The van der Waals surface area contributed by atoms with Crippen LogP contribution in [0.25, 0.3) is 0 Å². The maximum atomic E-state index is 10.0. The molecule has 0 aliphatic heterocycles. The van der Waals surface area contributed by atoms with E-state index < -0.39 is 0 Å². The van der Waals surface area contributed by atoms with Gasteiger partial charge in [0.05, 0.1) is 6.54 Å². The molecule has 0 saturated carbocycles. The van der Waals surface area contributed by atoms with Crippen LogP contribution in [-0.4, -0.2) is 29.7 Å². The van der Waals surface area contributed by atoms with E-state index in [1.807, 2.05) is 0 Å². The predicted molar refractivity (Wildman–Crippen MR) is 65.7 cm³/mol. The van der Waals surface area contributed by atoms with Crippen molar-refractivity contribution in [3.05, 3.63) is 0 Å². The highest BCUT2D eigenvalue weighted by Gasteiger charge is 2.24. The molecule has 0 aliphatic rings. The van der Waals surface area contributed by atoms with Gasteiger partial charge in [0.1, 0.15) is 10.5 Å². The Morgan fingerprint density at radius 2 is 2.00 bits per heavy atom. The molecule has 0 spiro atoms. The molecule has 15 heavy (non-hydrogen) atoms. The highest BCUT2D eigenvalue weighted by Crippen LogP contribution is 2.35. The first kappa shape index (κ1) is 14.6. The highest BCUT2D eigenvalue weighted by atomic mass is 28.2. The van der Waals surface area contributed by atoms with Crippen molar-refractivity contribution in [2.45, 2.75) is 46.0 Å². The summed E-state index contributed by atoms with van der Waals surface area (Å²) in [5.41, 5.74) is 0.348. The first-order valence-corrected chi connectivity index (χ1v) is 6.59. The Morgan fingerprint density at radius 1 is 1.33 bits per heavy atom. The van der Waals surface area contributed by atoms with Crippen molar-refractivity contribution >= 4 is 16.6 Å². The number of aliphatic imine (C=N–C) groups is 1.